The van der Waals surface area contributed by atoms with Crippen LogP contribution < -0.4 is 0 Å². The smallest absolute Gasteiger partial charge is 0.373 e. The molecule has 0 spiro atoms. The number of alkyl halides is 19. The van der Waals surface area contributed by atoms with Gasteiger partial charge in [0.1, 0.15) is 0 Å². The van der Waals surface area contributed by atoms with E-state index in [0.717, 1.165) is 0 Å². The normalized spacial score (nSPS) is 16.3. The Morgan fingerprint density at radius 3 is 1.00 bits per heavy atom. The molecular formula is C15H15F19O3Si. The molecular weight excluding hydrogens is 617 g/mol. The summed E-state index contributed by atoms with van der Waals surface area (Å²) >= 11 is 0. The number of halogens is 19. The monoisotopic (exact) mass is 632 g/mol. The molecule has 0 bridgehead atoms. The number of rotatable bonds is 14. The van der Waals surface area contributed by atoms with Crippen LogP contribution in [0.2, 0.25) is 0 Å². The fourth-order valence-corrected chi connectivity index (χ4v) is 4.52. The average molecular weight is 632 g/mol. The minimum Gasteiger partial charge on any atom is -0.373 e. The van der Waals surface area contributed by atoms with Gasteiger partial charge in [0.05, 0.1) is 0 Å². The van der Waals surface area contributed by atoms with E-state index in [0.29, 0.717) is 0 Å². The first kappa shape index (κ1) is 36.8. The predicted molar refractivity (Wildman–Crippen MR) is 86.3 cm³/mol. The molecule has 3 nitrogen and oxygen atoms in total. The first-order valence-electron chi connectivity index (χ1n) is 9.13. The fraction of sp³-hybridized carbons (Fsp3) is 1.00. The van der Waals surface area contributed by atoms with Crippen LogP contribution >= 0.6 is 0 Å². The highest BCUT2D eigenvalue weighted by Gasteiger charge is 2.97. The first-order chi connectivity index (χ1) is 16.4. The van der Waals surface area contributed by atoms with E-state index in [4.69, 9.17) is 0 Å². The number of hydrogen-bond donors (Lipinski definition) is 0. The zero-order valence-corrected chi connectivity index (χ0v) is 19.5. The van der Waals surface area contributed by atoms with E-state index in [1.54, 1.807) is 0 Å². The Morgan fingerprint density at radius 2 is 0.711 bits per heavy atom. The van der Waals surface area contributed by atoms with Crippen LogP contribution in [0.5, 0.6) is 0 Å². The minimum absolute atomic E-state index is 0.0241. The van der Waals surface area contributed by atoms with Gasteiger partial charge in [-0.15, -0.1) is 0 Å². The van der Waals surface area contributed by atoms with Crippen molar-refractivity contribution in [3.05, 3.63) is 0 Å². The highest BCUT2D eigenvalue weighted by Crippen LogP contribution is 2.65. The topological polar surface area (TPSA) is 27.7 Å². The highest BCUT2D eigenvalue weighted by molar-refractivity contribution is 6.63. The molecule has 0 atom stereocenters. The molecule has 0 aliphatic carbocycles. The molecule has 0 radical (unpaired) electrons. The largest absolute Gasteiger partial charge is 0.581 e. The van der Waals surface area contributed by atoms with Crippen LogP contribution in [0.15, 0.2) is 0 Å². The molecule has 0 aliphatic rings. The molecule has 230 valence electrons. The molecule has 0 aromatic rings. The molecule has 0 heterocycles. The lowest BCUT2D eigenvalue weighted by molar-refractivity contribution is -0.451. The van der Waals surface area contributed by atoms with Gasteiger partial charge in [-0.25, -0.2) is 0 Å². The van der Waals surface area contributed by atoms with Crippen molar-refractivity contribution in [1.82, 2.24) is 0 Å². The van der Waals surface area contributed by atoms with E-state index in [-0.39, 0.29) is 21.3 Å². The molecule has 0 rings (SSSR count). The van der Waals surface area contributed by atoms with Crippen LogP contribution in [0.4, 0.5) is 83.4 Å². The van der Waals surface area contributed by atoms with Crippen molar-refractivity contribution in [3.8, 4) is 0 Å². The molecule has 0 fully saturated rings. The Bertz CT molecular complexity index is 797. The summed E-state index contributed by atoms with van der Waals surface area (Å²) < 4.78 is 269. The third-order valence-electron chi connectivity index (χ3n) is 4.97. The highest BCUT2D eigenvalue weighted by atomic mass is 28.4. The van der Waals surface area contributed by atoms with Gasteiger partial charge in [0.15, 0.2) is 0 Å². The summed E-state index contributed by atoms with van der Waals surface area (Å²) in [6.07, 6.45) is -13.1. The maximum absolute atomic E-state index is 14.2. The van der Waals surface area contributed by atoms with E-state index >= 15 is 0 Å². The van der Waals surface area contributed by atoms with Gasteiger partial charge < -0.3 is 13.3 Å². The van der Waals surface area contributed by atoms with Crippen molar-refractivity contribution < 1.29 is 96.7 Å². The third-order valence-corrected chi connectivity index (χ3v) is 7.66. The van der Waals surface area contributed by atoms with Gasteiger partial charge in [-0.05, 0) is 6.42 Å². The maximum atomic E-state index is 14.2. The fourth-order valence-electron chi connectivity index (χ4n) is 2.71. The molecule has 0 aromatic heterocycles. The van der Waals surface area contributed by atoms with Crippen LogP contribution in [0, 0.1) is 0 Å². The molecule has 0 aliphatic heterocycles. The van der Waals surface area contributed by atoms with Gasteiger partial charge in [-0.1, -0.05) is 0 Å². The van der Waals surface area contributed by atoms with Crippen LogP contribution in [-0.2, 0) is 13.3 Å². The lowest BCUT2D eigenvalue weighted by atomic mass is 9.88. The third kappa shape index (κ3) is 5.15. The first-order valence-corrected chi connectivity index (χ1v) is 10.9. The second-order valence-electron chi connectivity index (χ2n) is 7.36. The summed E-state index contributed by atoms with van der Waals surface area (Å²) in [5.41, 5.74) is -6.92. The van der Waals surface area contributed by atoms with Gasteiger partial charge in [-0.2, -0.15) is 83.4 Å². The van der Waals surface area contributed by atoms with Crippen molar-refractivity contribution in [2.75, 3.05) is 21.3 Å². The van der Waals surface area contributed by atoms with Gasteiger partial charge >= 0.3 is 62.0 Å². The van der Waals surface area contributed by atoms with Crippen LogP contribution in [0.1, 0.15) is 19.3 Å². The molecule has 0 saturated heterocycles. The Hall–Kier alpha value is -1.23. The van der Waals surface area contributed by atoms with Crippen molar-refractivity contribution in [2.24, 2.45) is 0 Å². The van der Waals surface area contributed by atoms with Crippen LogP contribution in [0.3, 0.4) is 0 Å². The summed E-state index contributed by atoms with van der Waals surface area (Å²) in [7, 11) is -6.73. The average Bonchev–Trinajstić information content (AvgIpc) is 2.73. The lowest BCUT2D eigenvalue weighted by Gasteiger charge is -2.45. The van der Waals surface area contributed by atoms with E-state index in [1.165, 1.54) is 0 Å². The van der Waals surface area contributed by atoms with Crippen molar-refractivity contribution in [3.63, 3.8) is 0 Å². The van der Waals surface area contributed by atoms with E-state index in [1.807, 2.05) is 0 Å². The maximum Gasteiger partial charge on any atom is 0.581 e. The van der Waals surface area contributed by atoms with E-state index in [9.17, 15) is 83.4 Å². The van der Waals surface area contributed by atoms with Gasteiger partial charge in [-0.3, -0.25) is 0 Å². The zero-order chi connectivity index (χ0) is 31.2. The summed E-state index contributed by atoms with van der Waals surface area (Å²) in [4.78, 5) is 0. The van der Waals surface area contributed by atoms with Crippen molar-refractivity contribution in [1.29, 1.82) is 0 Å². The second kappa shape index (κ2) is 10.3. The number of hydrogen-bond acceptors (Lipinski definition) is 3. The Labute approximate surface area is 200 Å². The molecule has 0 unspecified atom stereocenters. The molecule has 0 saturated carbocycles. The minimum atomic E-state index is -8.70. The Morgan fingerprint density at radius 1 is 0.421 bits per heavy atom. The van der Waals surface area contributed by atoms with E-state index < -0.39 is 81.2 Å². The Kier molecular flexibility index (Phi) is 9.97. The van der Waals surface area contributed by atoms with E-state index in [2.05, 4.69) is 13.3 Å². The lowest BCUT2D eigenvalue weighted by Crippen LogP contribution is -2.78. The SMILES string of the molecule is CO[Si](OC)(OC)C(F)(F)C(F)(F)C(F)(F)C(F)(F)C(F)(F)C(F)(F)C(F)(F)C(F)(F)CCCC(F)(F)F. The summed E-state index contributed by atoms with van der Waals surface area (Å²) in [5, 5.41) is 0. The Balaban J connectivity index is 6.82. The van der Waals surface area contributed by atoms with Gasteiger partial charge in [0.2, 0.25) is 0 Å². The molecule has 0 N–H and O–H groups in total. The molecule has 38 heavy (non-hydrogen) atoms. The standard InChI is InChI=1S/C15H15F19O3Si/c1-35-38(36-2,37-3)15(33,34)14(31,32)13(29,30)12(27,28)11(25,26)10(23,24)9(21,22)7(16,17)5-4-6-8(18,19)20/h4-6H2,1-3H3. The van der Waals surface area contributed by atoms with Gasteiger partial charge in [0.25, 0.3) is 0 Å². The molecule has 0 aromatic carbocycles. The zero-order valence-electron chi connectivity index (χ0n) is 18.5. The van der Waals surface area contributed by atoms with Crippen molar-refractivity contribution >= 4 is 8.80 Å². The van der Waals surface area contributed by atoms with Crippen LogP contribution in [0.25, 0.3) is 0 Å². The molecule has 0 amide bonds. The summed E-state index contributed by atoms with van der Waals surface area (Å²) in [5.74, 6) is -57.0. The quantitative estimate of drug-likeness (QED) is 0.150. The summed E-state index contributed by atoms with van der Waals surface area (Å²) in [6.45, 7) is 0. The van der Waals surface area contributed by atoms with Gasteiger partial charge in [0, 0.05) is 34.2 Å². The second-order valence-corrected chi connectivity index (χ2v) is 10.3. The predicted octanol–water partition coefficient (Wildman–Crippen LogP) is 7.22. The summed E-state index contributed by atoms with van der Waals surface area (Å²) in [6, 6.07) is 0. The van der Waals surface area contributed by atoms with Crippen LogP contribution in [-0.4, -0.2) is 83.3 Å². The molecule has 23 heteroatoms. The van der Waals surface area contributed by atoms with Crippen molar-refractivity contribution in [2.45, 2.75) is 72.4 Å².